The van der Waals surface area contributed by atoms with E-state index in [9.17, 15) is 9.18 Å². The van der Waals surface area contributed by atoms with Crippen molar-refractivity contribution in [2.24, 2.45) is 0 Å². The molecule has 0 saturated heterocycles. The van der Waals surface area contributed by atoms with Crippen LogP contribution in [-0.2, 0) is 16.0 Å². The first kappa shape index (κ1) is 12.6. The smallest absolute Gasteiger partial charge is 0.333 e. The number of benzene rings is 1. The highest BCUT2D eigenvalue weighted by molar-refractivity contribution is 5.72. The summed E-state index contributed by atoms with van der Waals surface area (Å²) in [5, 5.41) is 8.94. The molecule has 0 unspecified atom stereocenters. The summed E-state index contributed by atoms with van der Waals surface area (Å²) < 4.78 is 17.9. The molecule has 0 aliphatic carbocycles. The second-order valence-corrected chi connectivity index (χ2v) is 3.84. The summed E-state index contributed by atoms with van der Waals surface area (Å²) in [6.07, 6.45) is -0.791. The first-order chi connectivity index (χ1) is 7.49. The minimum atomic E-state index is -1.00. The van der Waals surface area contributed by atoms with Crippen LogP contribution in [0, 0.1) is 5.82 Å². The van der Waals surface area contributed by atoms with Crippen LogP contribution < -0.4 is 0 Å². The Morgan fingerprint density at radius 2 is 1.94 bits per heavy atom. The summed E-state index contributed by atoms with van der Waals surface area (Å²) >= 11 is 0. The highest BCUT2D eigenvalue weighted by atomic mass is 19.1. The molecule has 3 nitrogen and oxygen atoms in total. The molecule has 88 valence electrons. The topological polar surface area (TPSA) is 46.5 Å². The molecular weight excluding hydrogens is 211 g/mol. The molecule has 0 aliphatic rings. The number of carboxylic acids is 1. The average molecular weight is 226 g/mol. The molecule has 1 aromatic carbocycles. The van der Waals surface area contributed by atoms with Crippen LogP contribution in [-0.4, -0.2) is 23.3 Å². The maximum absolute atomic E-state index is 12.6. The minimum Gasteiger partial charge on any atom is -0.479 e. The molecule has 16 heavy (non-hydrogen) atoms. The fraction of sp³-hybridized carbons (Fsp3) is 0.417. The molecule has 1 N–H and O–H groups in total. The van der Waals surface area contributed by atoms with Gasteiger partial charge in [-0.05, 0) is 31.5 Å². The van der Waals surface area contributed by atoms with Gasteiger partial charge in [-0.2, -0.15) is 0 Å². The summed E-state index contributed by atoms with van der Waals surface area (Å²) in [6.45, 7) is 3.56. The van der Waals surface area contributed by atoms with Crippen LogP contribution in [0.2, 0.25) is 0 Å². The van der Waals surface area contributed by atoms with Gasteiger partial charge in [0.2, 0.25) is 0 Å². The molecule has 0 radical (unpaired) electrons. The first-order valence-corrected chi connectivity index (χ1v) is 5.11. The van der Waals surface area contributed by atoms with E-state index in [1.807, 2.05) is 0 Å². The number of rotatable bonds is 5. The van der Waals surface area contributed by atoms with Gasteiger partial charge in [-0.25, -0.2) is 9.18 Å². The zero-order chi connectivity index (χ0) is 12.1. The van der Waals surface area contributed by atoms with E-state index in [-0.39, 0.29) is 18.3 Å². The Hall–Kier alpha value is -1.42. The fourth-order valence-electron chi connectivity index (χ4n) is 1.36. The number of carbonyl (C=O) groups is 1. The standard InChI is InChI=1S/C12H15FO3/c1-8(2)16-11(12(14)15)7-9-3-5-10(13)6-4-9/h3-6,8,11H,7H2,1-2H3,(H,14,15)/t11-/m0/s1. The van der Waals surface area contributed by atoms with Crippen molar-refractivity contribution in [2.45, 2.75) is 32.5 Å². The van der Waals surface area contributed by atoms with Gasteiger partial charge >= 0.3 is 5.97 Å². The van der Waals surface area contributed by atoms with Crippen LogP contribution in [0.1, 0.15) is 19.4 Å². The van der Waals surface area contributed by atoms with Crippen LogP contribution >= 0.6 is 0 Å². The third-order valence-electron chi connectivity index (χ3n) is 2.05. The van der Waals surface area contributed by atoms with E-state index in [0.29, 0.717) is 0 Å². The summed E-state index contributed by atoms with van der Waals surface area (Å²) in [5.74, 6) is -1.33. The van der Waals surface area contributed by atoms with E-state index in [1.54, 1.807) is 26.0 Å². The molecule has 0 fully saturated rings. The molecule has 1 rings (SSSR count). The van der Waals surface area contributed by atoms with E-state index < -0.39 is 12.1 Å². The molecule has 0 spiro atoms. The summed E-state index contributed by atoms with van der Waals surface area (Å²) in [4.78, 5) is 10.9. The van der Waals surface area contributed by atoms with E-state index in [4.69, 9.17) is 9.84 Å². The van der Waals surface area contributed by atoms with Crippen molar-refractivity contribution in [1.29, 1.82) is 0 Å². The molecule has 1 atom stereocenters. The third-order valence-corrected chi connectivity index (χ3v) is 2.05. The largest absolute Gasteiger partial charge is 0.479 e. The Bertz CT molecular complexity index is 346. The van der Waals surface area contributed by atoms with E-state index in [2.05, 4.69) is 0 Å². The Morgan fingerprint density at radius 1 is 1.38 bits per heavy atom. The van der Waals surface area contributed by atoms with Gasteiger partial charge in [0.05, 0.1) is 6.10 Å². The Morgan fingerprint density at radius 3 is 2.38 bits per heavy atom. The van der Waals surface area contributed by atoms with Crippen molar-refractivity contribution >= 4 is 5.97 Å². The van der Waals surface area contributed by atoms with Gasteiger partial charge in [0.25, 0.3) is 0 Å². The number of hydrogen-bond acceptors (Lipinski definition) is 2. The van der Waals surface area contributed by atoms with Gasteiger partial charge in [0, 0.05) is 6.42 Å². The molecule has 0 aromatic heterocycles. The lowest BCUT2D eigenvalue weighted by Crippen LogP contribution is -2.29. The summed E-state index contributed by atoms with van der Waals surface area (Å²) in [6, 6.07) is 5.75. The third kappa shape index (κ3) is 3.98. The van der Waals surface area contributed by atoms with Gasteiger partial charge in [0.1, 0.15) is 5.82 Å². The molecule has 0 saturated carbocycles. The van der Waals surface area contributed by atoms with Crippen molar-refractivity contribution < 1.29 is 19.0 Å². The van der Waals surface area contributed by atoms with Crippen LogP contribution in [0.3, 0.4) is 0 Å². The van der Waals surface area contributed by atoms with Crippen LogP contribution in [0.25, 0.3) is 0 Å². The van der Waals surface area contributed by atoms with E-state index >= 15 is 0 Å². The average Bonchev–Trinajstić information content (AvgIpc) is 2.19. The lowest BCUT2D eigenvalue weighted by atomic mass is 10.1. The highest BCUT2D eigenvalue weighted by Crippen LogP contribution is 2.09. The molecular formula is C12H15FO3. The number of ether oxygens (including phenoxy) is 1. The van der Waals surface area contributed by atoms with E-state index in [1.165, 1.54) is 12.1 Å². The maximum Gasteiger partial charge on any atom is 0.333 e. The fourth-order valence-corrected chi connectivity index (χ4v) is 1.36. The Labute approximate surface area is 93.9 Å². The zero-order valence-electron chi connectivity index (χ0n) is 9.31. The Kier molecular flexibility index (Phi) is 4.43. The summed E-state index contributed by atoms with van der Waals surface area (Å²) in [5.41, 5.74) is 0.745. The predicted octanol–water partition coefficient (Wildman–Crippen LogP) is 2.25. The van der Waals surface area contributed by atoms with Crippen molar-refractivity contribution in [3.05, 3.63) is 35.6 Å². The molecule has 4 heteroatoms. The van der Waals surface area contributed by atoms with Gasteiger partial charge in [-0.15, -0.1) is 0 Å². The quantitative estimate of drug-likeness (QED) is 0.837. The lowest BCUT2D eigenvalue weighted by molar-refractivity contribution is -0.153. The van der Waals surface area contributed by atoms with Crippen LogP contribution in [0.5, 0.6) is 0 Å². The number of aliphatic carboxylic acids is 1. The van der Waals surface area contributed by atoms with Gasteiger partial charge in [-0.1, -0.05) is 12.1 Å². The zero-order valence-corrected chi connectivity index (χ0v) is 9.31. The Balaban J connectivity index is 2.68. The number of hydrogen-bond donors (Lipinski definition) is 1. The molecule has 0 bridgehead atoms. The van der Waals surface area contributed by atoms with Crippen molar-refractivity contribution in [1.82, 2.24) is 0 Å². The lowest BCUT2D eigenvalue weighted by Gasteiger charge is -2.16. The van der Waals surface area contributed by atoms with Gasteiger partial charge in [-0.3, -0.25) is 0 Å². The van der Waals surface area contributed by atoms with Crippen LogP contribution in [0.4, 0.5) is 4.39 Å². The highest BCUT2D eigenvalue weighted by Gasteiger charge is 2.19. The number of halogens is 1. The second-order valence-electron chi connectivity index (χ2n) is 3.84. The monoisotopic (exact) mass is 226 g/mol. The minimum absolute atomic E-state index is 0.151. The van der Waals surface area contributed by atoms with Gasteiger partial charge < -0.3 is 9.84 Å². The van der Waals surface area contributed by atoms with Crippen molar-refractivity contribution in [2.75, 3.05) is 0 Å². The normalized spacial score (nSPS) is 12.8. The molecule has 1 aromatic rings. The predicted molar refractivity (Wildman–Crippen MR) is 57.7 cm³/mol. The maximum atomic E-state index is 12.6. The first-order valence-electron chi connectivity index (χ1n) is 5.11. The number of carboxylic acid groups (broad SMARTS) is 1. The second kappa shape index (κ2) is 5.61. The van der Waals surface area contributed by atoms with Crippen LogP contribution in [0.15, 0.2) is 24.3 Å². The van der Waals surface area contributed by atoms with Crippen molar-refractivity contribution in [3.63, 3.8) is 0 Å². The van der Waals surface area contributed by atoms with Crippen molar-refractivity contribution in [3.8, 4) is 0 Å². The van der Waals surface area contributed by atoms with Gasteiger partial charge in [0.15, 0.2) is 6.10 Å². The summed E-state index contributed by atoms with van der Waals surface area (Å²) in [7, 11) is 0. The molecule has 0 heterocycles. The SMILES string of the molecule is CC(C)O[C@@H](Cc1ccc(F)cc1)C(=O)O. The van der Waals surface area contributed by atoms with E-state index in [0.717, 1.165) is 5.56 Å². The molecule has 0 amide bonds. The molecule has 0 aliphatic heterocycles.